The maximum absolute atomic E-state index is 10.8. The van der Waals surface area contributed by atoms with E-state index in [2.05, 4.69) is 15.3 Å². The summed E-state index contributed by atoms with van der Waals surface area (Å²) in [5, 5.41) is 12.6. The minimum absolute atomic E-state index is 0.0793. The molecule has 0 aliphatic heterocycles. The van der Waals surface area contributed by atoms with Crippen molar-refractivity contribution in [3.8, 4) is 6.01 Å². The Morgan fingerprint density at radius 1 is 1.62 bits per heavy atom. The predicted octanol–water partition coefficient (Wildman–Crippen LogP) is 1.49. The highest BCUT2D eigenvalue weighted by Crippen LogP contribution is 2.30. The van der Waals surface area contributed by atoms with Crippen molar-refractivity contribution in [3.63, 3.8) is 0 Å². The van der Waals surface area contributed by atoms with Crippen LogP contribution in [-0.4, -0.2) is 58.2 Å². The van der Waals surface area contributed by atoms with E-state index >= 15 is 0 Å². The summed E-state index contributed by atoms with van der Waals surface area (Å²) in [5.74, 6) is -0.245. The largest absolute Gasteiger partial charge is 0.480 e. The first-order valence-corrected chi connectivity index (χ1v) is 7.20. The Balaban J connectivity index is 1.89. The molecule has 0 aromatic carbocycles. The number of halogens is 1. The number of nitrogens with one attached hydrogen (secondary N) is 1. The van der Waals surface area contributed by atoms with Crippen LogP contribution in [0.4, 0.5) is 5.82 Å². The molecule has 1 heterocycles. The van der Waals surface area contributed by atoms with E-state index in [1.807, 2.05) is 11.8 Å². The number of carbonyl (C=O) groups is 1. The third kappa shape index (κ3) is 3.95. The lowest BCUT2D eigenvalue weighted by molar-refractivity contribution is -0.139. The Kier molecular flexibility index (Phi) is 5.19. The zero-order valence-corrected chi connectivity index (χ0v) is 12.8. The number of nitrogens with zero attached hydrogens (tertiary/aromatic N) is 3. The van der Waals surface area contributed by atoms with Gasteiger partial charge in [0.05, 0.1) is 19.9 Å². The highest BCUT2D eigenvalue weighted by molar-refractivity contribution is 6.32. The van der Waals surface area contributed by atoms with Gasteiger partial charge in [0, 0.05) is 12.1 Å². The number of aliphatic carboxylic acids is 1. The van der Waals surface area contributed by atoms with E-state index < -0.39 is 5.97 Å². The first-order chi connectivity index (χ1) is 10.0. The average molecular weight is 315 g/mol. The quantitative estimate of drug-likeness (QED) is 0.788. The molecule has 1 aliphatic carbocycles. The van der Waals surface area contributed by atoms with E-state index in [9.17, 15) is 4.79 Å². The van der Waals surface area contributed by atoms with Gasteiger partial charge in [0.15, 0.2) is 5.82 Å². The zero-order chi connectivity index (χ0) is 15.4. The molecule has 116 valence electrons. The number of methoxy groups -OCH3 is 1. The molecule has 0 amide bonds. The second kappa shape index (κ2) is 6.91. The molecule has 1 aromatic rings. The summed E-state index contributed by atoms with van der Waals surface area (Å²) in [7, 11) is 1.50. The molecule has 21 heavy (non-hydrogen) atoms. The average Bonchev–Trinajstić information content (AvgIpc) is 2.41. The van der Waals surface area contributed by atoms with Gasteiger partial charge in [-0.05, 0) is 19.4 Å². The van der Waals surface area contributed by atoms with Gasteiger partial charge in [0.2, 0.25) is 0 Å². The van der Waals surface area contributed by atoms with Crippen molar-refractivity contribution in [1.82, 2.24) is 14.9 Å². The number of anilines is 1. The number of carboxylic acid groups (broad SMARTS) is 1. The molecule has 1 aromatic heterocycles. The fourth-order valence-corrected chi connectivity index (χ4v) is 2.57. The summed E-state index contributed by atoms with van der Waals surface area (Å²) >= 11 is 6.04. The normalized spacial score (nSPS) is 21.0. The number of aromatic nitrogens is 2. The maximum atomic E-state index is 10.8. The Morgan fingerprint density at radius 2 is 2.33 bits per heavy atom. The van der Waals surface area contributed by atoms with E-state index in [1.54, 1.807) is 0 Å². The minimum Gasteiger partial charge on any atom is -0.480 e. The zero-order valence-electron chi connectivity index (χ0n) is 12.0. The van der Waals surface area contributed by atoms with Gasteiger partial charge in [-0.15, -0.1) is 0 Å². The summed E-state index contributed by atoms with van der Waals surface area (Å²) < 4.78 is 4.97. The third-order valence-corrected chi connectivity index (χ3v) is 3.90. The van der Waals surface area contributed by atoms with Crippen molar-refractivity contribution >= 4 is 23.4 Å². The second-order valence-corrected chi connectivity index (χ2v) is 5.38. The summed E-state index contributed by atoms with van der Waals surface area (Å²) in [6, 6.07) is 0.778. The molecule has 2 rings (SSSR count). The molecule has 0 spiro atoms. The number of likely N-dealkylation sites (N-methyl/N-ethyl adjacent to an activating group) is 1. The first-order valence-electron chi connectivity index (χ1n) is 6.82. The van der Waals surface area contributed by atoms with Crippen LogP contribution in [0.5, 0.6) is 6.01 Å². The van der Waals surface area contributed by atoms with E-state index in [0.29, 0.717) is 10.8 Å². The van der Waals surface area contributed by atoms with Crippen LogP contribution in [0.2, 0.25) is 5.02 Å². The molecule has 0 unspecified atom stereocenters. The van der Waals surface area contributed by atoms with Crippen molar-refractivity contribution in [3.05, 3.63) is 11.2 Å². The molecule has 0 saturated heterocycles. The summed E-state index contributed by atoms with van der Waals surface area (Å²) in [5.41, 5.74) is 0. The van der Waals surface area contributed by atoms with Crippen molar-refractivity contribution in [2.24, 2.45) is 0 Å². The van der Waals surface area contributed by atoms with Crippen LogP contribution in [-0.2, 0) is 4.79 Å². The van der Waals surface area contributed by atoms with Crippen LogP contribution < -0.4 is 10.1 Å². The van der Waals surface area contributed by atoms with Crippen molar-refractivity contribution in [2.75, 3.05) is 25.5 Å². The molecule has 0 bridgehead atoms. The van der Waals surface area contributed by atoms with Gasteiger partial charge in [-0.25, -0.2) is 4.98 Å². The molecule has 0 atom stereocenters. The Bertz CT molecular complexity index is 508. The summed E-state index contributed by atoms with van der Waals surface area (Å²) in [4.78, 5) is 20.8. The highest BCUT2D eigenvalue weighted by Gasteiger charge is 2.34. The van der Waals surface area contributed by atoms with Gasteiger partial charge in [0.1, 0.15) is 5.02 Å². The number of rotatable bonds is 7. The Hall–Kier alpha value is -1.60. The Labute approximate surface area is 128 Å². The molecule has 1 aliphatic rings. The highest BCUT2D eigenvalue weighted by atomic mass is 35.5. The SMILES string of the molecule is CCN(CC(=O)O)C1CC(Nc2nc(OC)ncc2Cl)C1. The van der Waals surface area contributed by atoms with Gasteiger partial charge in [0.25, 0.3) is 0 Å². The van der Waals surface area contributed by atoms with Gasteiger partial charge in [-0.1, -0.05) is 18.5 Å². The molecule has 1 fully saturated rings. The molecular formula is C13H19ClN4O3. The molecule has 7 nitrogen and oxygen atoms in total. The number of ether oxygens (including phenoxy) is 1. The molecule has 8 heteroatoms. The van der Waals surface area contributed by atoms with Gasteiger partial charge >= 0.3 is 12.0 Å². The lowest BCUT2D eigenvalue weighted by atomic mass is 9.85. The van der Waals surface area contributed by atoms with Crippen molar-refractivity contribution in [1.29, 1.82) is 0 Å². The second-order valence-electron chi connectivity index (χ2n) is 4.98. The minimum atomic E-state index is -0.795. The van der Waals surface area contributed by atoms with Crippen LogP contribution >= 0.6 is 11.6 Å². The smallest absolute Gasteiger partial charge is 0.318 e. The van der Waals surface area contributed by atoms with Crippen molar-refractivity contribution < 1.29 is 14.6 Å². The van der Waals surface area contributed by atoms with Crippen LogP contribution in [0.15, 0.2) is 6.20 Å². The van der Waals surface area contributed by atoms with Gasteiger partial charge in [-0.2, -0.15) is 4.98 Å². The fraction of sp³-hybridized carbons (Fsp3) is 0.615. The number of hydrogen-bond acceptors (Lipinski definition) is 6. The third-order valence-electron chi connectivity index (χ3n) is 3.62. The fourth-order valence-electron chi connectivity index (χ4n) is 2.42. The summed E-state index contributed by atoms with van der Waals surface area (Å²) in [6.45, 7) is 2.78. The van der Waals surface area contributed by atoms with Crippen LogP contribution in [0.25, 0.3) is 0 Å². The molecule has 1 saturated carbocycles. The molecule has 0 radical (unpaired) electrons. The van der Waals surface area contributed by atoms with Gasteiger partial charge in [-0.3, -0.25) is 9.69 Å². The predicted molar refractivity (Wildman–Crippen MR) is 78.9 cm³/mol. The number of hydrogen-bond donors (Lipinski definition) is 2. The lowest BCUT2D eigenvalue weighted by Gasteiger charge is -2.42. The standard InChI is InChI=1S/C13H19ClN4O3/c1-3-18(7-11(19)20)9-4-8(5-9)16-12-10(14)6-15-13(17-12)21-2/h6,8-9H,3-5,7H2,1-2H3,(H,19,20)(H,15,16,17). The first kappa shape index (κ1) is 15.8. The monoisotopic (exact) mass is 314 g/mol. The van der Waals surface area contributed by atoms with E-state index in [4.69, 9.17) is 21.4 Å². The molecular weight excluding hydrogens is 296 g/mol. The number of carboxylic acids is 1. The van der Waals surface area contributed by atoms with E-state index in [0.717, 1.165) is 19.4 Å². The van der Waals surface area contributed by atoms with Crippen molar-refractivity contribution in [2.45, 2.75) is 31.8 Å². The molecule has 2 N–H and O–H groups in total. The van der Waals surface area contributed by atoms with E-state index in [1.165, 1.54) is 13.3 Å². The maximum Gasteiger partial charge on any atom is 0.318 e. The van der Waals surface area contributed by atoms with Crippen LogP contribution in [0.1, 0.15) is 19.8 Å². The van der Waals surface area contributed by atoms with Crippen LogP contribution in [0.3, 0.4) is 0 Å². The van der Waals surface area contributed by atoms with Gasteiger partial charge < -0.3 is 15.2 Å². The Morgan fingerprint density at radius 3 is 2.90 bits per heavy atom. The van der Waals surface area contributed by atoms with Crippen LogP contribution in [0, 0.1) is 0 Å². The topological polar surface area (TPSA) is 87.6 Å². The summed E-state index contributed by atoms with van der Waals surface area (Å²) in [6.07, 6.45) is 3.22. The lowest BCUT2D eigenvalue weighted by Crippen LogP contribution is -2.51. The van der Waals surface area contributed by atoms with E-state index in [-0.39, 0.29) is 24.6 Å².